The van der Waals surface area contributed by atoms with Crippen LogP contribution in [0.3, 0.4) is 0 Å². The number of hydrogen-bond donors (Lipinski definition) is 3. The van der Waals surface area contributed by atoms with Crippen molar-refractivity contribution in [1.29, 1.82) is 0 Å². The maximum absolute atomic E-state index is 12.8. The Hall–Kier alpha value is -2.73. The summed E-state index contributed by atoms with van der Waals surface area (Å²) in [7, 11) is 0. The molecule has 0 radical (unpaired) electrons. The van der Waals surface area contributed by atoms with Gasteiger partial charge in [-0.1, -0.05) is 30.3 Å². The second-order valence-corrected chi connectivity index (χ2v) is 4.92. The summed E-state index contributed by atoms with van der Waals surface area (Å²) in [5.41, 5.74) is 0.965. The summed E-state index contributed by atoms with van der Waals surface area (Å²) in [5, 5.41) is 14.9. The van der Waals surface area contributed by atoms with E-state index in [-0.39, 0.29) is 19.0 Å². The molecule has 120 valence electrons. The average molecular weight is 316 g/mol. The van der Waals surface area contributed by atoms with Gasteiger partial charge < -0.3 is 15.7 Å². The van der Waals surface area contributed by atoms with E-state index in [4.69, 9.17) is 0 Å². The van der Waals surface area contributed by atoms with Crippen molar-refractivity contribution in [2.75, 3.05) is 13.1 Å². The summed E-state index contributed by atoms with van der Waals surface area (Å²) >= 11 is 0. The van der Waals surface area contributed by atoms with E-state index in [1.165, 1.54) is 24.3 Å². The lowest BCUT2D eigenvalue weighted by Crippen LogP contribution is -2.38. The molecule has 0 heterocycles. The van der Waals surface area contributed by atoms with Crippen LogP contribution in [0.15, 0.2) is 54.6 Å². The highest BCUT2D eigenvalue weighted by Gasteiger charge is 2.11. The minimum atomic E-state index is -0.940. The minimum Gasteiger partial charge on any atom is -0.387 e. The molecule has 1 unspecified atom stereocenters. The quantitative estimate of drug-likeness (QED) is 0.754. The topological polar surface area (TPSA) is 78.4 Å². The third-order valence-electron chi connectivity index (χ3n) is 3.19. The zero-order chi connectivity index (χ0) is 16.7. The fourth-order valence-corrected chi connectivity index (χ4v) is 1.93. The van der Waals surface area contributed by atoms with E-state index in [0.29, 0.717) is 11.1 Å². The van der Waals surface area contributed by atoms with Crippen LogP contribution in [-0.4, -0.2) is 30.0 Å². The highest BCUT2D eigenvalue weighted by atomic mass is 19.1. The molecule has 3 N–H and O–H groups in total. The Balaban J connectivity index is 1.74. The molecule has 1 atom stereocenters. The average Bonchev–Trinajstić information content (AvgIpc) is 2.59. The Labute approximate surface area is 133 Å². The monoisotopic (exact) mass is 316 g/mol. The number of aliphatic hydroxyl groups excluding tert-OH is 1. The van der Waals surface area contributed by atoms with Crippen LogP contribution in [0, 0.1) is 5.82 Å². The van der Waals surface area contributed by atoms with E-state index in [9.17, 15) is 19.1 Å². The summed E-state index contributed by atoms with van der Waals surface area (Å²) in [5.74, 6) is -1.16. The molecule has 0 bridgehead atoms. The fourth-order valence-electron chi connectivity index (χ4n) is 1.93. The van der Waals surface area contributed by atoms with Gasteiger partial charge in [0.2, 0.25) is 5.91 Å². The number of carbonyl (C=O) groups is 2. The Kier molecular flexibility index (Phi) is 5.82. The van der Waals surface area contributed by atoms with Crippen LogP contribution >= 0.6 is 0 Å². The Morgan fingerprint density at radius 1 is 1.00 bits per heavy atom. The maximum Gasteiger partial charge on any atom is 0.251 e. The first kappa shape index (κ1) is 16.6. The lowest BCUT2D eigenvalue weighted by atomic mass is 10.1. The summed E-state index contributed by atoms with van der Waals surface area (Å²) < 4.78 is 12.8. The molecule has 6 heteroatoms. The Morgan fingerprint density at radius 2 is 1.65 bits per heavy atom. The fraction of sp³-hybridized carbons (Fsp3) is 0.176. The second kappa shape index (κ2) is 8.05. The van der Waals surface area contributed by atoms with Gasteiger partial charge in [0.25, 0.3) is 5.91 Å². The lowest BCUT2D eigenvalue weighted by molar-refractivity contribution is -0.120. The molecule has 2 amide bonds. The number of benzene rings is 2. The number of aliphatic hydroxyl groups is 1. The first-order valence-corrected chi connectivity index (χ1v) is 7.10. The van der Waals surface area contributed by atoms with E-state index in [2.05, 4.69) is 10.6 Å². The van der Waals surface area contributed by atoms with Crippen LogP contribution in [0.2, 0.25) is 0 Å². The molecule has 0 aromatic heterocycles. The number of nitrogens with one attached hydrogen (secondary N) is 2. The van der Waals surface area contributed by atoms with Gasteiger partial charge in [-0.05, 0) is 29.8 Å². The van der Waals surface area contributed by atoms with Crippen molar-refractivity contribution in [2.24, 2.45) is 0 Å². The van der Waals surface area contributed by atoms with Crippen LogP contribution in [0.1, 0.15) is 22.0 Å². The van der Waals surface area contributed by atoms with Gasteiger partial charge in [-0.25, -0.2) is 4.39 Å². The van der Waals surface area contributed by atoms with Crippen LogP contribution in [0.4, 0.5) is 4.39 Å². The van der Waals surface area contributed by atoms with Crippen molar-refractivity contribution in [3.63, 3.8) is 0 Å². The summed E-state index contributed by atoms with van der Waals surface area (Å²) in [4.78, 5) is 23.4. The zero-order valence-electron chi connectivity index (χ0n) is 12.3. The van der Waals surface area contributed by atoms with Gasteiger partial charge in [0.05, 0.1) is 12.6 Å². The molecule has 2 rings (SSSR count). The molecule has 0 spiro atoms. The third-order valence-corrected chi connectivity index (χ3v) is 3.19. The SMILES string of the molecule is O=C(CNC(=O)c1ccccc1)NCC(O)c1ccc(F)cc1. The molecule has 0 saturated carbocycles. The summed E-state index contributed by atoms with van der Waals surface area (Å²) in [6.45, 7) is -0.213. The molecular formula is C17H17FN2O3. The van der Waals surface area contributed by atoms with Crippen LogP contribution in [0.5, 0.6) is 0 Å². The van der Waals surface area contributed by atoms with Gasteiger partial charge >= 0.3 is 0 Å². The van der Waals surface area contributed by atoms with Gasteiger partial charge in [-0.2, -0.15) is 0 Å². The van der Waals surface area contributed by atoms with Crippen molar-refractivity contribution in [1.82, 2.24) is 10.6 Å². The van der Waals surface area contributed by atoms with E-state index in [1.54, 1.807) is 30.3 Å². The van der Waals surface area contributed by atoms with Gasteiger partial charge in [0, 0.05) is 12.1 Å². The van der Waals surface area contributed by atoms with E-state index in [1.807, 2.05) is 0 Å². The number of hydrogen-bond acceptors (Lipinski definition) is 3. The van der Waals surface area contributed by atoms with E-state index in [0.717, 1.165) is 0 Å². The maximum atomic E-state index is 12.8. The summed E-state index contributed by atoms with van der Waals surface area (Å²) in [6.07, 6.45) is -0.940. The van der Waals surface area contributed by atoms with Crippen molar-refractivity contribution in [3.8, 4) is 0 Å². The van der Waals surface area contributed by atoms with Gasteiger partial charge in [-0.3, -0.25) is 9.59 Å². The molecule has 0 aliphatic rings. The predicted molar refractivity (Wildman–Crippen MR) is 83.1 cm³/mol. The molecule has 0 fully saturated rings. The number of carbonyl (C=O) groups excluding carboxylic acids is 2. The van der Waals surface area contributed by atoms with Gasteiger partial charge in [0.1, 0.15) is 5.82 Å². The predicted octanol–water partition coefficient (Wildman–Crippen LogP) is 1.41. The van der Waals surface area contributed by atoms with Crippen LogP contribution in [0.25, 0.3) is 0 Å². The normalized spacial score (nSPS) is 11.6. The van der Waals surface area contributed by atoms with Crippen molar-refractivity contribution in [3.05, 3.63) is 71.5 Å². The van der Waals surface area contributed by atoms with Crippen LogP contribution in [-0.2, 0) is 4.79 Å². The minimum absolute atomic E-state index is 0.0221. The lowest BCUT2D eigenvalue weighted by Gasteiger charge is -2.12. The standard InChI is InChI=1S/C17H17FN2O3/c18-14-8-6-12(7-9-14)15(21)10-19-16(22)11-20-17(23)13-4-2-1-3-5-13/h1-9,15,21H,10-11H2,(H,19,22)(H,20,23). The first-order valence-electron chi connectivity index (χ1n) is 7.10. The van der Waals surface area contributed by atoms with Crippen molar-refractivity contribution in [2.45, 2.75) is 6.10 Å². The van der Waals surface area contributed by atoms with Crippen molar-refractivity contribution < 1.29 is 19.1 Å². The number of halogens is 1. The smallest absolute Gasteiger partial charge is 0.251 e. The highest BCUT2D eigenvalue weighted by Crippen LogP contribution is 2.12. The molecule has 5 nitrogen and oxygen atoms in total. The molecule has 23 heavy (non-hydrogen) atoms. The van der Waals surface area contributed by atoms with Gasteiger partial charge in [0.15, 0.2) is 0 Å². The second-order valence-electron chi connectivity index (χ2n) is 4.92. The Bertz CT molecular complexity index is 659. The summed E-state index contributed by atoms with van der Waals surface area (Å²) in [6, 6.07) is 13.9. The van der Waals surface area contributed by atoms with Crippen LogP contribution < -0.4 is 10.6 Å². The van der Waals surface area contributed by atoms with E-state index >= 15 is 0 Å². The first-order chi connectivity index (χ1) is 11.1. The third kappa shape index (κ3) is 5.19. The molecule has 0 aliphatic heterocycles. The molecule has 0 saturated heterocycles. The van der Waals surface area contributed by atoms with Crippen molar-refractivity contribution >= 4 is 11.8 Å². The Morgan fingerprint density at radius 3 is 2.30 bits per heavy atom. The van der Waals surface area contributed by atoms with Gasteiger partial charge in [-0.15, -0.1) is 0 Å². The molecule has 2 aromatic rings. The highest BCUT2D eigenvalue weighted by molar-refractivity contribution is 5.96. The molecule has 2 aromatic carbocycles. The molecular weight excluding hydrogens is 299 g/mol. The zero-order valence-corrected chi connectivity index (χ0v) is 12.3. The van der Waals surface area contributed by atoms with E-state index < -0.39 is 17.8 Å². The number of amides is 2. The number of rotatable bonds is 6. The largest absolute Gasteiger partial charge is 0.387 e. The molecule has 0 aliphatic carbocycles.